The average molecular weight is 465 g/mol. The molecule has 0 bridgehead atoms. The zero-order valence-electron chi connectivity index (χ0n) is 19.3. The molecule has 1 heterocycles. The summed E-state index contributed by atoms with van der Waals surface area (Å²) in [6.45, 7) is 1.61. The van der Waals surface area contributed by atoms with Crippen LogP contribution in [0.1, 0.15) is 63.6 Å². The van der Waals surface area contributed by atoms with Crippen LogP contribution in [-0.4, -0.2) is 48.9 Å². The highest BCUT2D eigenvalue weighted by Gasteiger charge is 2.35. The topological polar surface area (TPSA) is 102 Å². The lowest BCUT2D eigenvalue weighted by Crippen LogP contribution is -2.34. The van der Waals surface area contributed by atoms with Gasteiger partial charge >= 0.3 is 5.97 Å². The summed E-state index contributed by atoms with van der Waals surface area (Å²) in [7, 11) is 1.60. The van der Waals surface area contributed by atoms with Crippen LogP contribution in [0.2, 0.25) is 0 Å². The third-order valence-corrected chi connectivity index (χ3v) is 6.14. The quantitative estimate of drug-likeness (QED) is 0.428. The highest BCUT2D eigenvalue weighted by molar-refractivity contribution is 6.21. The van der Waals surface area contributed by atoms with Crippen LogP contribution < -0.4 is 10.1 Å². The standard InChI is InChI=1S/C26H28N2O6/c1-16-5-12-20-21(14-16)26(32)28(25(20)31)13-3-4-23(30)34-15-22(29)27-24(17-6-7-17)18-8-10-19(33-2)11-9-18/h5,8-12,14,17,24H,3-4,6-7,13,15H2,1-2H3,(H,27,29). The van der Waals surface area contributed by atoms with Crippen LogP contribution in [0, 0.1) is 12.8 Å². The van der Waals surface area contributed by atoms with Gasteiger partial charge in [0, 0.05) is 13.0 Å². The first-order chi connectivity index (χ1) is 16.4. The highest BCUT2D eigenvalue weighted by atomic mass is 16.5. The Hall–Kier alpha value is -3.68. The van der Waals surface area contributed by atoms with Crippen molar-refractivity contribution >= 4 is 23.7 Å². The Kier molecular flexibility index (Phi) is 6.95. The van der Waals surface area contributed by atoms with Gasteiger partial charge in [-0.3, -0.25) is 24.1 Å². The number of carbonyl (C=O) groups is 4. The monoisotopic (exact) mass is 464 g/mol. The van der Waals surface area contributed by atoms with Gasteiger partial charge in [-0.05, 0) is 61.9 Å². The number of hydrogen-bond donors (Lipinski definition) is 1. The van der Waals surface area contributed by atoms with Crippen LogP contribution in [0.4, 0.5) is 0 Å². The van der Waals surface area contributed by atoms with Gasteiger partial charge in [0.2, 0.25) is 0 Å². The maximum Gasteiger partial charge on any atom is 0.306 e. The molecule has 3 amide bonds. The highest BCUT2D eigenvalue weighted by Crippen LogP contribution is 2.41. The number of ether oxygens (including phenoxy) is 2. The molecule has 8 nitrogen and oxygen atoms in total. The lowest BCUT2D eigenvalue weighted by atomic mass is 10.0. The van der Waals surface area contributed by atoms with Gasteiger partial charge in [-0.15, -0.1) is 0 Å². The van der Waals surface area contributed by atoms with Crippen LogP contribution in [0.3, 0.4) is 0 Å². The Bertz CT molecular complexity index is 1110. The van der Waals surface area contributed by atoms with Crippen LogP contribution >= 0.6 is 0 Å². The zero-order valence-corrected chi connectivity index (χ0v) is 19.3. The van der Waals surface area contributed by atoms with E-state index in [4.69, 9.17) is 9.47 Å². The average Bonchev–Trinajstić information content (AvgIpc) is 3.65. The lowest BCUT2D eigenvalue weighted by molar-refractivity contribution is -0.148. The number of imide groups is 1. The molecule has 2 aliphatic rings. The number of nitrogens with zero attached hydrogens (tertiary/aromatic N) is 1. The summed E-state index contributed by atoms with van der Waals surface area (Å²) < 4.78 is 10.3. The van der Waals surface area contributed by atoms with Crippen molar-refractivity contribution in [1.29, 1.82) is 0 Å². The van der Waals surface area contributed by atoms with E-state index in [2.05, 4.69) is 5.32 Å². The number of methoxy groups -OCH3 is 1. The second kappa shape index (κ2) is 10.1. The minimum Gasteiger partial charge on any atom is -0.497 e. The number of hydrogen-bond acceptors (Lipinski definition) is 6. The van der Waals surface area contributed by atoms with Crippen molar-refractivity contribution in [2.24, 2.45) is 5.92 Å². The molecule has 1 atom stereocenters. The fraction of sp³-hybridized carbons (Fsp3) is 0.385. The van der Waals surface area contributed by atoms with E-state index in [1.807, 2.05) is 31.2 Å². The van der Waals surface area contributed by atoms with Crippen LogP contribution in [0.5, 0.6) is 5.75 Å². The summed E-state index contributed by atoms with van der Waals surface area (Å²) in [6.07, 6.45) is 2.34. The molecule has 1 aliphatic heterocycles. The van der Waals surface area contributed by atoms with E-state index in [1.165, 1.54) is 0 Å². The molecular weight excluding hydrogens is 436 g/mol. The van der Waals surface area contributed by atoms with Crippen LogP contribution in [-0.2, 0) is 14.3 Å². The number of carbonyl (C=O) groups excluding carboxylic acids is 4. The number of fused-ring (bicyclic) bond motifs is 1. The van der Waals surface area contributed by atoms with Crippen molar-refractivity contribution in [2.75, 3.05) is 20.3 Å². The SMILES string of the molecule is COc1ccc(C(NC(=O)COC(=O)CCCN2C(=O)c3ccc(C)cc3C2=O)C2CC2)cc1. The first kappa shape index (κ1) is 23.5. The summed E-state index contributed by atoms with van der Waals surface area (Å²) >= 11 is 0. The summed E-state index contributed by atoms with van der Waals surface area (Å²) in [4.78, 5) is 50.6. The van der Waals surface area contributed by atoms with Crippen molar-refractivity contribution in [1.82, 2.24) is 10.2 Å². The molecule has 1 fully saturated rings. The smallest absolute Gasteiger partial charge is 0.306 e. The molecular formula is C26H28N2O6. The molecule has 1 saturated carbocycles. The van der Waals surface area contributed by atoms with Crippen molar-refractivity contribution in [2.45, 2.75) is 38.6 Å². The Morgan fingerprint density at radius 1 is 1.06 bits per heavy atom. The number of rotatable bonds is 10. The van der Waals surface area contributed by atoms with Crippen molar-refractivity contribution in [3.8, 4) is 5.75 Å². The summed E-state index contributed by atoms with van der Waals surface area (Å²) in [6, 6.07) is 12.6. The van der Waals surface area contributed by atoms with Crippen LogP contribution in [0.25, 0.3) is 0 Å². The molecule has 34 heavy (non-hydrogen) atoms. The van der Waals surface area contributed by atoms with Gasteiger partial charge in [-0.25, -0.2) is 0 Å². The van der Waals surface area contributed by atoms with Gasteiger partial charge < -0.3 is 14.8 Å². The molecule has 0 spiro atoms. The van der Waals surface area contributed by atoms with E-state index in [0.29, 0.717) is 17.0 Å². The fourth-order valence-corrected chi connectivity index (χ4v) is 4.14. The lowest BCUT2D eigenvalue weighted by Gasteiger charge is -2.19. The van der Waals surface area contributed by atoms with Gasteiger partial charge in [0.05, 0.1) is 24.3 Å². The van der Waals surface area contributed by atoms with Crippen molar-refractivity contribution < 1.29 is 28.7 Å². The van der Waals surface area contributed by atoms with E-state index < -0.39 is 5.97 Å². The molecule has 2 aromatic rings. The van der Waals surface area contributed by atoms with Gasteiger partial charge in [-0.1, -0.05) is 23.8 Å². The number of benzene rings is 2. The number of esters is 1. The van der Waals surface area contributed by atoms with E-state index in [0.717, 1.165) is 34.6 Å². The molecule has 1 aliphatic carbocycles. The van der Waals surface area contributed by atoms with E-state index in [-0.39, 0.29) is 49.8 Å². The molecule has 2 aromatic carbocycles. The van der Waals surface area contributed by atoms with E-state index in [1.54, 1.807) is 25.3 Å². The second-order valence-corrected chi connectivity index (χ2v) is 8.73. The third-order valence-electron chi connectivity index (χ3n) is 6.14. The normalized spacial score (nSPS) is 15.6. The molecule has 1 unspecified atom stereocenters. The first-order valence-corrected chi connectivity index (χ1v) is 11.4. The Labute approximate surface area is 198 Å². The third kappa shape index (κ3) is 5.27. The molecule has 8 heteroatoms. The first-order valence-electron chi connectivity index (χ1n) is 11.4. The van der Waals surface area contributed by atoms with Gasteiger partial charge in [-0.2, -0.15) is 0 Å². The minimum absolute atomic E-state index is 0.00421. The fourth-order valence-electron chi connectivity index (χ4n) is 4.14. The van der Waals surface area contributed by atoms with Crippen molar-refractivity contribution in [3.05, 3.63) is 64.7 Å². The molecule has 4 rings (SSSR count). The Balaban J connectivity index is 1.21. The largest absolute Gasteiger partial charge is 0.497 e. The number of amides is 3. The van der Waals surface area contributed by atoms with Crippen LogP contribution in [0.15, 0.2) is 42.5 Å². The number of nitrogens with one attached hydrogen (secondary N) is 1. The molecule has 1 N–H and O–H groups in total. The number of aryl methyl sites for hydroxylation is 1. The second-order valence-electron chi connectivity index (χ2n) is 8.73. The van der Waals surface area contributed by atoms with E-state index >= 15 is 0 Å². The van der Waals surface area contributed by atoms with Gasteiger partial charge in [0.25, 0.3) is 17.7 Å². The summed E-state index contributed by atoms with van der Waals surface area (Å²) in [5.41, 5.74) is 2.67. The Morgan fingerprint density at radius 3 is 2.44 bits per heavy atom. The maximum atomic E-state index is 12.5. The van der Waals surface area contributed by atoms with Gasteiger partial charge in [0.1, 0.15) is 5.75 Å². The predicted molar refractivity (Wildman–Crippen MR) is 123 cm³/mol. The molecule has 178 valence electrons. The van der Waals surface area contributed by atoms with Crippen molar-refractivity contribution in [3.63, 3.8) is 0 Å². The zero-order chi connectivity index (χ0) is 24.2. The summed E-state index contributed by atoms with van der Waals surface area (Å²) in [5, 5.41) is 2.96. The molecule has 0 saturated heterocycles. The summed E-state index contributed by atoms with van der Waals surface area (Å²) in [5.74, 6) is -0.489. The maximum absolute atomic E-state index is 12.5. The van der Waals surface area contributed by atoms with Gasteiger partial charge in [0.15, 0.2) is 6.61 Å². The predicted octanol–water partition coefficient (Wildman–Crippen LogP) is 3.19. The molecule has 0 aromatic heterocycles. The molecule has 0 radical (unpaired) electrons. The minimum atomic E-state index is -0.546. The Morgan fingerprint density at radius 2 is 1.76 bits per heavy atom. The van der Waals surface area contributed by atoms with E-state index in [9.17, 15) is 19.2 Å².